The number of aliphatic hydroxyl groups is 4. The normalized spacial score (nSPS) is 49.2. The summed E-state index contributed by atoms with van der Waals surface area (Å²) in [7, 11) is 0. The van der Waals surface area contributed by atoms with Gasteiger partial charge in [-0.1, -0.05) is 0 Å². The quantitative estimate of drug-likeness (QED) is 0.305. The van der Waals surface area contributed by atoms with Gasteiger partial charge in [-0.25, -0.2) is 0 Å². The average molecular weight is 196 g/mol. The molecule has 1 fully saturated rings. The van der Waals surface area contributed by atoms with E-state index in [2.05, 4.69) is 12.6 Å². The molecule has 1 aliphatic rings. The zero-order valence-corrected chi connectivity index (χ0v) is 7.13. The first-order valence-electron chi connectivity index (χ1n) is 3.56. The van der Waals surface area contributed by atoms with E-state index in [1.165, 1.54) is 0 Å². The van der Waals surface area contributed by atoms with Crippen molar-refractivity contribution in [2.45, 2.75) is 29.9 Å². The average Bonchev–Trinajstić information content (AvgIpc) is 2.08. The Balaban J connectivity index is 2.63. The van der Waals surface area contributed by atoms with Crippen LogP contribution in [0.5, 0.6) is 0 Å². The van der Waals surface area contributed by atoms with E-state index in [-0.39, 0.29) is 0 Å². The van der Waals surface area contributed by atoms with Gasteiger partial charge in [-0.15, -0.1) is 0 Å². The van der Waals surface area contributed by atoms with Gasteiger partial charge in [0, 0.05) is 0 Å². The van der Waals surface area contributed by atoms with E-state index in [1.807, 2.05) is 0 Å². The summed E-state index contributed by atoms with van der Waals surface area (Å²) < 4.78 is 4.75. The molecule has 72 valence electrons. The van der Waals surface area contributed by atoms with Gasteiger partial charge in [0.25, 0.3) is 0 Å². The first-order valence-corrected chi connectivity index (χ1v) is 4.08. The highest BCUT2D eigenvalue weighted by Gasteiger charge is 2.41. The minimum Gasteiger partial charge on any atom is -0.394 e. The molecule has 1 rings (SSSR count). The van der Waals surface area contributed by atoms with Crippen molar-refractivity contribution in [1.82, 2.24) is 0 Å². The molecule has 1 aliphatic heterocycles. The fraction of sp³-hybridized carbons (Fsp3) is 1.00. The predicted octanol–water partition coefficient (Wildman–Crippen LogP) is -2.28. The molecule has 0 radical (unpaired) electrons. The van der Waals surface area contributed by atoms with Crippen molar-refractivity contribution < 1.29 is 25.2 Å². The molecule has 1 heterocycles. The minimum atomic E-state index is -1.26. The highest BCUT2D eigenvalue weighted by Crippen LogP contribution is 2.22. The summed E-state index contributed by atoms with van der Waals surface area (Å²) in [4.78, 5) is 0. The number of hydrogen-bond acceptors (Lipinski definition) is 6. The molecule has 12 heavy (non-hydrogen) atoms. The van der Waals surface area contributed by atoms with Crippen LogP contribution >= 0.6 is 12.6 Å². The number of rotatable bonds is 1. The summed E-state index contributed by atoms with van der Waals surface area (Å²) in [5.74, 6) is 0. The van der Waals surface area contributed by atoms with Gasteiger partial charge >= 0.3 is 0 Å². The highest BCUT2D eigenvalue weighted by molar-refractivity contribution is 7.81. The van der Waals surface area contributed by atoms with Gasteiger partial charge in [0.15, 0.2) is 6.29 Å². The van der Waals surface area contributed by atoms with Crippen LogP contribution in [0.1, 0.15) is 0 Å². The van der Waals surface area contributed by atoms with Gasteiger partial charge in [-0.05, 0) is 0 Å². The third-order valence-electron chi connectivity index (χ3n) is 1.87. The fourth-order valence-corrected chi connectivity index (χ4v) is 1.33. The predicted molar refractivity (Wildman–Crippen MR) is 42.8 cm³/mol. The van der Waals surface area contributed by atoms with Gasteiger partial charge in [-0.2, -0.15) is 12.6 Å². The van der Waals surface area contributed by atoms with E-state index in [9.17, 15) is 10.2 Å². The van der Waals surface area contributed by atoms with Crippen molar-refractivity contribution in [3.63, 3.8) is 0 Å². The summed E-state index contributed by atoms with van der Waals surface area (Å²) in [6.45, 7) is -0.449. The SMILES string of the molecule is OCC1OC(O)C(S)C(O)C1O. The lowest BCUT2D eigenvalue weighted by Crippen LogP contribution is -2.56. The zero-order chi connectivity index (χ0) is 9.30. The van der Waals surface area contributed by atoms with Gasteiger partial charge in [0.1, 0.15) is 12.2 Å². The Bertz CT molecular complexity index is 150. The molecule has 0 aromatic carbocycles. The molecule has 1 saturated heterocycles. The Labute approximate surface area is 75.0 Å². The van der Waals surface area contributed by atoms with Crippen molar-refractivity contribution in [3.8, 4) is 0 Å². The van der Waals surface area contributed by atoms with Crippen LogP contribution in [0, 0.1) is 0 Å². The second kappa shape index (κ2) is 3.91. The molecule has 5 nitrogen and oxygen atoms in total. The van der Waals surface area contributed by atoms with Crippen molar-refractivity contribution in [1.29, 1.82) is 0 Å². The Morgan fingerprint density at radius 1 is 1.17 bits per heavy atom. The number of aliphatic hydroxyl groups excluding tert-OH is 4. The maximum atomic E-state index is 9.24. The van der Waals surface area contributed by atoms with Gasteiger partial charge in [0.05, 0.1) is 18.0 Å². The Hall–Kier alpha value is 0.150. The lowest BCUT2D eigenvalue weighted by Gasteiger charge is -2.37. The molecule has 4 N–H and O–H groups in total. The second-order valence-electron chi connectivity index (χ2n) is 2.72. The molecular formula is C6H12O5S. The van der Waals surface area contributed by atoms with Crippen molar-refractivity contribution >= 4 is 12.6 Å². The fourth-order valence-electron chi connectivity index (χ4n) is 1.08. The third-order valence-corrected chi connectivity index (χ3v) is 2.43. The lowest BCUT2D eigenvalue weighted by atomic mass is 10.0. The molecule has 0 aromatic heterocycles. The summed E-state index contributed by atoms with van der Waals surface area (Å²) in [5.41, 5.74) is 0. The molecule has 5 atom stereocenters. The molecule has 0 bridgehead atoms. The lowest BCUT2D eigenvalue weighted by molar-refractivity contribution is -0.234. The van der Waals surface area contributed by atoms with Gasteiger partial charge < -0.3 is 25.2 Å². The molecule has 6 heteroatoms. The van der Waals surface area contributed by atoms with Crippen LogP contribution < -0.4 is 0 Å². The van der Waals surface area contributed by atoms with Gasteiger partial charge in [-0.3, -0.25) is 0 Å². The maximum absolute atomic E-state index is 9.24. The summed E-state index contributed by atoms with van der Waals surface area (Å²) >= 11 is 3.82. The molecular weight excluding hydrogens is 184 g/mol. The number of hydrogen-bond donors (Lipinski definition) is 5. The number of ether oxygens (including phenoxy) is 1. The maximum Gasteiger partial charge on any atom is 0.169 e. The van der Waals surface area contributed by atoms with Crippen LogP contribution in [-0.4, -0.2) is 56.9 Å². The Morgan fingerprint density at radius 2 is 1.75 bits per heavy atom. The molecule has 0 aliphatic carbocycles. The molecule has 5 unspecified atom stereocenters. The monoisotopic (exact) mass is 196 g/mol. The Kier molecular flexibility index (Phi) is 3.33. The van der Waals surface area contributed by atoms with E-state index in [4.69, 9.17) is 14.9 Å². The first-order chi connectivity index (χ1) is 5.57. The van der Waals surface area contributed by atoms with Crippen LogP contribution in [0.15, 0.2) is 0 Å². The largest absolute Gasteiger partial charge is 0.394 e. The molecule has 0 aromatic rings. The van der Waals surface area contributed by atoms with Crippen LogP contribution in [0.4, 0.5) is 0 Å². The van der Waals surface area contributed by atoms with E-state index in [0.29, 0.717) is 0 Å². The molecule has 0 amide bonds. The van der Waals surface area contributed by atoms with Crippen LogP contribution in [0.3, 0.4) is 0 Å². The van der Waals surface area contributed by atoms with E-state index < -0.39 is 36.5 Å². The standard InChI is InChI=1S/C6H12O5S/c7-1-2-3(8)4(9)5(12)6(10)11-2/h2-10,12H,1H2. The third kappa shape index (κ3) is 1.73. The van der Waals surface area contributed by atoms with E-state index >= 15 is 0 Å². The highest BCUT2D eigenvalue weighted by atomic mass is 32.1. The van der Waals surface area contributed by atoms with Crippen molar-refractivity contribution in [2.24, 2.45) is 0 Å². The van der Waals surface area contributed by atoms with Gasteiger partial charge in [0.2, 0.25) is 0 Å². The van der Waals surface area contributed by atoms with Crippen LogP contribution in [0.25, 0.3) is 0 Å². The first kappa shape index (κ1) is 10.2. The molecule has 0 saturated carbocycles. The number of thiol groups is 1. The van der Waals surface area contributed by atoms with E-state index in [0.717, 1.165) is 0 Å². The smallest absolute Gasteiger partial charge is 0.169 e. The topological polar surface area (TPSA) is 90.2 Å². The van der Waals surface area contributed by atoms with Crippen molar-refractivity contribution in [3.05, 3.63) is 0 Å². The summed E-state index contributed by atoms with van der Waals surface area (Å²) in [6.07, 6.45) is -4.60. The van der Waals surface area contributed by atoms with Crippen LogP contribution in [-0.2, 0) is 4.74 Å². The zero-order valence-electron chi connectivity index (χ0n) is 6.24. The Morgan fingerprint density at radius 3 is 2.25 bits per heavy atom. The second-order valence-corrected chi connectivity index (χ2v) is 3.32. The summed E-state index contributed by atoms with van der Waals surface area (Å²) in [6, 6.07) is 0. The van der Waals surface area contributed by atoms with Crippen LogP contribution in [0.2, 0.25) is 0 Å². The molecule has 0 spiro atoms. The van der Waals surface area contributed by atoms with Crippen molar-refractivity contribution in [2.75, 3.05) is 6.61 Å². The van der Waals surface area contributed by atoms with E-state index in [1.54, 1.807) is 0 Å². The minimum absolute atomic E-state index is 0.449. The summed E-state index contributed by atoms with van der Waals surface area (Å²) in [5, 5.41) is 35.4.